The van der Waals surface area contributed by atoms with E-state index in [4.69, 9.17) is 5.73 Å². The maximum Gasteiger partial charge on any atom is 0.257 e. The summed E-state index contributed by atoms with van der Waals surface area (Å²) in [5, 5.41) is 0. The molecule has 0 aliphatic carbocycles. The zero-order valence-corrected chi connectivity index (χ0v) is 4.27. The summed E-state index contributed by atoms with van der Waals surface area (Å²) in [6.45, 7) is 2.56. The molecule has 0 aromatic rings. The van der Waals surface area contributed by atoms with E-state index in [1.54, 1.807) is 8.05 Å². The molecule has 0 aromatic carbocycles. The first-order valence-electron chi connectivity index (χ1n) is 2.02. The summed E-state index contributed by atoms with van der Waals surface area (Å²) < 4.78 is 4.68. The third kappa shape index (κ3) is 3.98. The zero-order chi connectivity index (χ0) is 4.99. The van der Waals surface area contributed by atoms with Crippen LogP contribution in [-0.4, -0.2) is 20.7 Å². The molecule has 0 fully saturated rings. The van der Waals surface area contributed by atoms with Gasteiger partial charge in [-0.05, 0) is 6.92 Å². The van der Waals surface area contributed by atoms with Gasteiger partial charge in [0, 0.05) is 12.6 Å². The van der Waals surface area contributed by atoms with E-state index in [-0.39, 0.29) is 6.04 Å². The topological polar surface area (TPSA) is 35.2 Å². The average Bonchev–Trinajstić information content (AvgIpc) is 1.35. The average molecular weight is 86.9 g/mol. The molecular formula is C3H10BNO. The number of hydrogen-bond acceptors (Lipinski definition) is 2. The number of nitrogens with two attached hydrogens (primary N) is 1. The smallest absolute Gasteiger partial charge is 0.257 e. The van der Waals surface area contributed by atoms with Crippen LogP contribution in [0.2, 0.25) is 0 Å². The summed E-state index contributed by atoms with van der Waals surface area (Å²) in [7, 11) is 1.64. The molecule has 0 aliphatic rings. The second kappa shape index (κ2) is 3.19. The molecule has 36 valence electrons. The Morgan fingerprint density at radius 3 is 2.50 bits per heavy atom. The van der Waals surface area contributed by atoms with Crippen molar-refractivity contribution in [3.63, 3.8) is 0 Å². The van der Waals surface area contributed by atoms with Crippen LogP contribution in [0.4, 0.5) is 0 Å². The van der Waals surface area contributed by atoms with Crippen LogP contribution in [0.1, 0.15) is 6.92 Å². The van der Waals surface area contributed by atoms with Crippen molar-refractivity contribution in [2.75, 3.05) is 6.61 Å². The predicted molar refractivity (Wildman–Crippen MR) is 28.1 cm³/mol. The van der Waals surface area contributed by atoms with Gasteiger partial charge in [-0.1, -0.05) is 0 Å². The van der Waals surface area contributed by atoms with Crippen molar-refractivity contribution in [3.05, 3.63) is 0 Å². The molecule has 0 saturated heterocycles. The first-order chi connectivity index (χ1) is 2.77. The van der Waals surface area contributed by atoms with Crippen LogP contribution in [0.3, 0.4) is 0 Å². The van der Waals surface area contributed by atoms with E-state index in [0.29, 0.717) is 6.61 Å². The first kappa shape index (κ1) is 5.98. The molecule has 1 atom stereocenters. The van der Waals surface area contributed by atoms with Crippen LogP contribution in [0.5, 0.6) is 0 Å². The van der Waals surface area contributed by atoms with E-state index in [0.717, 1.165) is 0 Å². The molecule has 0 saturated carbocycles. The summed E-state index contributed by atoms with van der Waals surface area (Å²) in [6.07, 6.45) is 0. The quantitative estimate of drug-likeness (QED) is 0.434. The van der Waals surface area contributed by atoms with Gasteiger partial charge in [0.1, 0.15) is 0 Å². The highest BCUT2D eigenvalue weighted by molar-refractivity contribution is 5.97. The largest absolute Gasteiger partial charge is 0.442 e. The van der Waals surface area contributed by atoms with Gasteiger partial charge in [0.25, 0.3) is 8.05 Å². The lowest BCUT2D eigenvalue weighted by molar-refractivity contribution is 0.324. The van der Waals surface area contributed by atoms with Crippen molar-refractivity contribution >= 4 is 8.05 Å². The standard InChI is InChI=1S/C3H10BNO/c1-3(5)2-6-4/h3H,2,4-5H2,1H3. The molecule has 0 rings (SSSR count). The summed E-state index contributed by atoms with van der Waals surface area (Å²) >= 11 is 0. The molecule has 2 nitrogen and oxygen atoms in total. The molecule has 0 bridgehead atoms. The Hall–Kier alpha value is -0.0151. The second-order valence-electron chi connectivity index (χ2n) is 1.43. The van der Waals surface area contributed by atoms with Gasteiger partial charge in [-0.25, -0.2) is 0 Å². The Labute approximate surface area is 39.1 Å². The van der Waals surface area contributed by atoms with Gasteiger partial charge in [0.15, 0.2) is 0 Å². The molecule has 3 heteroatoms. The second-order valence-corrected chi connectivity index (χ2v) is 1.43. The van der Waals surface area contributed by atoms with E-state index in [1.807, 2.05) is 6.92 Å². The maximum absolute atomic E-state index is 5.28. The highest BCUT2D eigenvalue weighted by Gasteiger charge is 1.85. The third-order valence-electron chi connectivity index (χ3n) is 0.430. The van der Waals surface area contributed by atoms with E-state index < -0.39 is 0 Å². The fourth-order valence-electron chi connectivity index (χ4n) is 0.263. The van der Waals surface area contributed by atoms with Gasteiger partial charge in [0.2, 0.25) is 0 Å². The normalized spacial score (nSPS) is 14.3. The van der Waals surface area contributed by atoms with Crippen molar-refractivity contribution in [2.24, 2.45) is 5.73 Å². The molecule has 0 amide bonds. The Morgan fingerprint density at radius 2 is 2.50 bits per heavy atom. The lowest BCUT2D eigenvalue weighted by Gasteiger charge is -1.99. The Morgan fingerprint density at radius 1 is 2.00 bits per heavy atom. The van der Waals surface area contributed by atoms with E-state index in [1.165, 1.54) is 0 Å². The van der Waals surface area contributed by atoms with E-state index in [2.05, 4.69) is 4.65 Å². The minimum atomic E-state index is 0.176. The minimum absolute atomic E-state index is 0.176. The number of rotatable bonds is 2. The van der Waals surface area contributed by atoms with Crippen molar-refractivity contribution in [3.8, 4) is 0 Å². The molecule has 0 radical (unpaired) electrons. The number of hydrogen-bond donors (Lipinski definition) is 1. The zero-order valence-electron chi connectivity index (χ0n) is 4.27. The molecule has 0 aliphatic heterocycles. The molecular weight excluding hydrogens is 76.9 g/mol. The van der Waals surface area contributed by atoms with Gasteiger partial charge in [0.05, 0.1) is 0 Å². The highest BCUT2D eigenvalue weighted by Crippen LogP contribution is 1.70. The molecule has 2 N–H and O–H groups in total. The van der Waals surface area contributed by atoms with Crippen LogP contribution in [-0.2, 0) is 4.65 Å². The lowest BCUT2D eigenvalue weighted by Crippen LogP contribution is -2.20. The molecule has 0 spiro atoms. The first-order valence-corrected chi connectivity index (χ1v) is 2.02. The van der Waals surface area contributed by atoms with Crippen molar-refractivity contribution in [2.45, 2.75) is 13.0 Å². The van der Waals surface area contributed by atoms with Gasteiger partial charge in [-0.15, -0.1) is 0 Å². The van der Waals surface area contributed by atoms with Crippen molar-refractivity contribution in [1.29, 1.82) is 0 Å². The fourth-order valence-corrected chi connectivity index (χ4v) is 0.263. The van der Waals surface area contributed by atoms with E-state index in [9.17, 15) is 0 Å². The van der Waals surface area contributed by atoms with Crippen LogP contribution in [0.15, 0.2) is 0 Å². The summed E-state index contributed by atoms with van der Waals surface area (Å²) in [5.74, 6) is 0. The van der Waals surface area contributed by atoms with Crippen LogP contribution in [0.25, 0.3) is 0 Å². The van der Waals surface area contributed by atoms with Gasteiger partial charge >= 0.3 is 0 Å². The van der Waals surface area contributed by atoms with Gasteiger partial charge in [-0.2, -0.15) is 0 Å². The predicted octanol–water partition coefficient (Wildman–Crippen LogP) is -1.10. The van der Waals surface area contributed by atoms with Gasteiger partial charge < -0.3 is 10.4 Å². The maximum atomic E-state index is 5.28. The molecule has 6 heavy (non-hydrogen) atoms. The molecule has 1 unspecified atom stereocenters. The van der Waals surface area contributed by atoms with Crippen molar-refractivity contribution < 1.29 is 4.65 Å². The Bertz CT molecular complexity index is 32.0. The van der Waals surface area contributed by atoms with Crippen LogP contribution >= 0.6 is 0 Å². The Kier molecular flexibility index (Phi) is 3.18. The SMILES string of the molecule is BOCC(C)N. The summed E-state index contributed by atoms with van der Waals surface area (Å²) in [5.41, 5.74) is 5.28. The van der Waals surface area contributed by atoms with E-state index >= 15 is 0 Å². The Balaban J connectivity index is 2.63. The minimum Gasteiger partial charge on any atom is -0.442 e. The van der Waals surface area contributed by atoms with Crippen LogP contribution < -0.4 is 5.73 Å². The fraction of sp³-hybridized carbons (Fsp3) is 1.00. The van der Waals surface area contributed by atoms with Gasteiger partial charge in [-0.3, -0.25) is 0 Å². The summed E-state index contributed by atoms with van der Waals surface area (Å²) in [6, 6.07) is 0.176. The molecule has 0 aromatic heterocycles. The third-order valence-corrected chi connectivity index (χ3v) is 0.430. The van der Waals surface area contributed by atoms with Crippen LogP contribution in [0, 0.1) is 0 Å². The monoisotopic (exact) mass is 87.1 g/mol. The van der Waals surface area contributed by atoms with Crippen molar-refractivity contribution in [1.82, 2.24) is 0 Å². The lowest BCUT2D eigenvalue weighted by atomic mass is 10.4. The highest BCUT2D eigenvalue weighted by atomic mass is 16.4. The summed E-state index contributed by atoms with van der Waals surface area (Å²) in [4.78, 5) is 0. The molecule has 0 heterocycles.